The van der Waals surface area contributed by atoms with E-state index in [1.807, 2.05) is 25.1 Å². The topological polar surface area (TPSA) is 99.7 Å². The van der Waals surface area contributed by atoms with E-state index in [1.54, 1.807) is 36.4 Å². The molecule has 0 aliphatic heterocycles. The first-order chi connectivity index (χ1) is 15.3. The second-order valence-electron chi connectivity index (χ2n) is 6.67. The van der Waals surface area contributed by atoms with E-state index in [9.17, 15) is 14.4 Å². The van der Waals surface area contributed by atoms with Crippen molar-refractivity contribution in [2.24, 2.45) is 5.10 Å². The van der Waals surface area contributed by atoms with Crippen molar-refractivity contribution in [2.75, 3.05) is 10.6 Å². The minimum atomic E-state index is -1.02. The van der Waals surface area contributed by atoms with Gasteiger partial charge in [0.25, 0.3) is 5.91 Å². The molecule has 0 aliphatic carbocycles. The number of hydrogen-bond acceptors (Lipinski definition) is 4. The number of rotatable bonds is 5. The van der Waals surface area contributed by atoms with Crippen LogP contribution in [0.15, 0.2) is 71.8 Å². The van der Waals surface area contributed by atoms with E-state index < -0.39 is 17.7 Å². The number of carbonyl (C=O) groups excluding carboxylic acids is 3. The molecule has 9 heteroatoms. The lowest BCUT2D eigenvalue weighted by Gasteiger charge is -2.11. The van der Waals surface area contributed by atoms with Gasteiger partial charge in [0, 0.05) is 11.3 Å². The van der Waals surface area contributed by atoms with E-state index in [4.69, 9.17) is 23.2 Å². The molecular formula is C23H18Cl2N4O3. The largest absolute Gasteiger partial charge is 0.329 e. The summed E-state index contributed by atoms with van der Waals surface area (Å²) in [4.78, 5) is 37.1. The van der Waals surface area contributed by atoms with Gasteiger partial charge >= 0.3 is 11.8 Å². The molecule has 0 radical (unpaired) electrons. The van der Waals surface area contributed by atoms with Crippen molar-refractivity contribution in [3.8, 4) is 0 Å². The normalized spacial score (nSPS) is 10.6. The van der Waals surface area contributed by atoms with Gasteiger partial charge in [-0.25, -0.2) is 5.43 Å². The first-order valence-electron chi connectivity index (χ1n) is 9.40. The number of para-hydroxylation sites is 1. The van der Waals surface area contributed by atoms with Crippen molar-refractivity contribution in [3.05, 3.63) is 93.5 Å². The molecule has 0 unspecified atom stereocenters. The highest BCUT2D eigenvalue weighted by atomic mass is 35.5. The van der Waals surface area contributed by atoms with E-state index >= 15 is 0 Å². The number of halogens is 2. The van der Waals surface area contributed by atoms with E-state index in [1.165, 1.54) is 18.3 Å². The number of anilines is 2. The zero-order valence-electron chi connectivity index (χ0n) is 16.9. The molecule has 3 aromatic rings. The summed E-state index contributed by atoms with van der Waals surface area (Å²) < 4.78 is 0. The van der Waals surface area contributed by atoms with Crippen LogP contribution in [0.2, 0.25) is 10.0 Å². The second-order valence-corrected chi connectivity index (χ2v) is 7.45. The van der Waals surface area contributed by atoms with Crippen LogP contribution >= 0.6 is 23.2 Å². The molecule has 162 valence electrons. The molecule has 32 heavy (non-hydrogen) atoms. The zero-order chi connectivity index (χ0) is 23.1. The maximum absolute atomic E-state index is 12.7. The van der Waals surface area contributed by atoms with Crippen LogP contribution < -0.4 is 16.1 Å². The smallest absolute Gasteiger partial charge is 0.322 e. The molecule has 0 heterocycles. The molecule has 0 saturated carbocycles. The minimum absolute atomic E-state index is 0.180. The van der Waals surface area contributed by atoms with Gasteiger partial charge in [-0.15, -0.1) is 0 Å². The lowest BCUT2D eigenvalue weighted by molar-refractivity contribution is -0.136. The number of aryl methyl sites for hydroxylation is 1. The highest BCUT2D eigenvalue weighted by Gasteiger charge is 2.18. The van der Waals surface area contributed by atoms with Crippen LogP contribution in [-0.2, 0) is 9.59 Å². The van der Waals surface area contributed by atoms with Gasteiger partial charge in [-0.1, -0.05) is 59.6 Å². The molecule has 0 aromatic heterocycles. The van der Waals surface area contributed by atoms with Crippen LogP contribution in [0.1, 0.15) is 21.5 Å². The molecular weight excluding hydrogens is 451 g/mol. The van der Waals surface area contributed by atoms with Crippen LogP contribution in [0.25, 0.3) is 0 Å². The predicted octanol–water partition coefficient (Wildman–Crippen LogP) is 4.64. The van der Waals surface area contributed by atoms with Gasteiger partial charge in [-0.3, -0.25) is 14.4 Å². The first kappa shape index (κ1) is 23.0. The fourth-order valence-electron chi connectivity index (χ4n) is 2.72. The maximum Gasteiger partial charge on any atom is 0.329 e. The minimum Gasteiger partial charge on any atom is -0.322 e. The summed E-state index contributed by atoms with van der Waals surface area (Å²) in [6.45, 7) is 1.91. The van der Waals surface area contributed by atoms with Crippen molar-refractivity contribution in [1.82, 2.24) is 5.43 Å². The van der Waals surface area contributed by atoms with Gasteiger partial charge in [0.1, 0.15) is 0 Å². The van der Waals surface area contributed by atoms with Crippen molar-refractivity contribution >= 4 is 58.5 Å². The Labute approximate surface area is 194 Å². The van der Waals surface area contributed by atoms with Crippen LogP contribution in [0.5, 0.6) is 0 Å². The summed E-state index contributed by atoms with van der Waals surface area (Å²) in [6.07, 6.45) is 1.27. The Bertz CT molecular complexity index is 1210. The Morgan fingerprint density at radius 3 is 2.41 bits per heavy atom. The molecule has 0 atom stereocenters. The Kier molecular flexibility index (Phi) is 7.59. The first-order valence-corrected chi connectivity index (χ1v) is 10.2. The molecule has 0 bridgehead atoms. The van der Waals surface area contributed by atoms with Crippen molar-refractivity contribution in [3.63, 3.8) is 0 Å². The van der Waals surface area contributed by atoms with Crippen LogP contribution in [0.3, 0.4) is 0 Å². The molecule has 7 nitrogen and oxygen atoms in total. The number of benzene rings is 3. The van der Waals surface area contributed by atoms with Gasteiger partial charge in [-0.05, 0) is 42.8 Å². The fourth-order valence-corrected chi connectivity index (χ4v) is 3.08. The monoisotopic (exact) mass is 468 g/mol. The molecule has 3 N–H and O–H groups in total. The van der Waals surface area contributed by atoms with Crippen LogP contribution in [0.4, 0.5) is 11.4 Å². The van der Waals surface area contributed by atoms with Gasteiger partial charge in [0.05, 0.1) is 27.5 Å². The van der Waals surface area contributed by atoms with Gasteiger partial charge in [0.2, 0.25) is 0 Å². The average molecular weight is 469 g/mol. The number of nitrogens with one attached hydrogen (secondary N) is 3. The maximum atomic E-state index is 12.7. The summed E-state index contributed by atoms with van der Waals surface area (Å²) >= 11 is 12.0. The second kappa shape index (κ2) is 10.6. The molecule has 0 saturated heterocycles. The Balaban J connectivity index is 1.66. The molecule has 0 aliphatic rings. The summed E-state index contributed by atoms with van der Waals surface area (Å²) in [7, 11) is 0. The van der Waals surface area contributed by atoms with Crippen molar-refractivity contribution < 1.29 is 14.4 Å². The lowest BCUT2D eigenvalue weighted by Crippen LogP contribution is -2.33. The third-order valence-electron chi connectivity index (χ3n) is 4.25. The molecule has 0 spiro atoms. The molecule has 3 aromatic carbocycles. The summed E-state index contributed by atoms with van der Waals surface area (Å²) in [6, 6.07) is 18.6. The number of hydrazone groups is 1. The van der Waals surface area contributed by atoms with Gasteiger partial charge in [0.15, 0.2) is 0 Å². The van der Waals surface area contributed by atoms with E-state index in [0.717, 1.165) is 5.56 Å². The standard InChI is InChI=1S/C23H18Cl2N4O3/c1-14-6-4-8-16(12-14)27-21(30)17-9-2-3-11-19(17)28-22(31)23(32)29-26-13-15-7-5-10-18(24)20(15)25/h2-13H,1H3,(H,27,30)(H,28,31)(H,29,32). The number of nitrogens with zero attached hydrogens (tertiary/aromatic N) is 1. The third kappa shape index (κ3) is 5.94. The molecule has 0 fully saturated rings. The fraction of sp³-hybridized carbons (Fsp3) is 0.0435. The highest BCUT2D eigenvalue weighted by Crippen LogP contribution is 2.24. The van der Waals surface area contributed by atoms with E-state index in [-0.39, 0.29) is 16.3 Å². The molecule has 3 rings (SSSR count). The number of carbonyl (C=O) groups is 3. The third-order valence-corrected chi connectivity index (χ3v) is 5.09. The summed E-state index contributed by atoms with van der Waals surface area (Å²) in [5.74, 6) is -2.44. The zero-order valence-corrected chi connectivity index (χ0v) is 18.4. The summed E-state index contributed by atoms with van der Waals surface area (Å²) in [5, 5.41) is 9.51. The summed E-state index contributed by atoms with van der Waals surface area (Å²) in [5.41, 5.74) is 4.56. The Hall–Kier alpha value is -3.68. The van der Waals surface area contributed by atoms with E-state index in [0.29, 0.717) is 16.3 Å². The van der Waals surface area contributed by atoms with Crippen LogP contribution in [-0.4, -0.2) is 23.9 Å². The SMILES string of the molecule is Cc1cccc(NC(=O)c2ccccc2NC(=O)C(=O)NN=Cc2cccc(Cl)c2Cl)c1. The number of amides is 3. The lowest BCUT2D eigenvalue weighted by atomic mass is 10.1. The predicted molar refractivity (Wildman–Crippen MR) is 126 cm³/mol. The quantitative estimate of drug-likeness (QED) is 0.288. The van der Waals surface area contributed by atoms with Crippen LogP contribution in [0, 0.1) is 6.92 Å². The van der Waals surface area contributed by atoms with E-state index in [2.05, 4.69) is 21.2 Å². The Morgan fingerprint density at radius 1 is 0.875 bits per heavy atom. The van der Waals surface area contributed by atoms with Gasteiger partial charge < -0.3 is 10.6 Å². The number of hydrogen-bond donors (Lipinski definition) is 3. The highest BCUT2D eigenvalue weighted by molar-refractivity contribution is 6.43. The molecule has 3 amide bonds. The van der Waals surface area contributed by atoms with Crippen molar-refractivity contribution in [1.29, 1.82) is 0 Å². The average Bonchev–Trinajstić information content (AvgIpc) is 2.77. The van der Waals surface area contributed by atoms with Crippen molar-refractivity contribution in [2.45, 2.75) is 6.92 Å². The Morgan fingerprint density at radius 2 is 1.62 bits per heavy atom. The van der Waals surface area contributed by atoms with Gasteiger partial charge in [-0.2, -0.15) is 5.10 Å².